The molecular formula is C15H16FN3. The zero-order valence-corrected chi connectivity index (χ0v) is 10.6. The lowest BCUT2D eigenvalue weighted by Gasteiger charge is -2.18. The van der Waals surface area contributed by atoms with E-state index in [1.165, 1.54) is 11.6 Å². The van der Waals surface area contributed by atoms with Gasteiger partial charge in [-0.25, -0.2) is 9.37 Å². The van der Waals surface area contributed by atoms with Gasteiger partial charge in [-0.2, -0.15) is 0 Å². The van der Waals surface area contributed by atoms with E-state index in [-0.39, 0.29) is 5.82 Å². The van der Waals surface area contributed by atoms with E-state index < -0.39 is 0 Å². The average Bonchev–Trinajstić information content (AvgIpc) is 2.83. The number of pyridine rings is 1. The molecule has 4 heteroatoms. The quantitative estimate of drug-likeness (QED) is 0.918. The van der Waals surface area contributed by atoms with Gasteiger partial charge in [0.25, 0.3) is 0 Å². The van der Waals surface area contributed by atoms with Crippen molar-refractivity contribution in [2.24, 2.45) is 5.73 Å². The topological polar surface area (TPSA) is 42.1 Å². The van der Waals surface area contributed by atoms with Crippen LogP contribution in [0.1, 0.15) is 11.1 Å². The summed E-state index contributed by atoms with van der Waals surface area (Å²) in [5.41, 5.74) is 8.76. The Bertz CT molecular complexity index is 580. The van der Waals surface area contributed by atoms with Gasteiger partial charge in [-0.1, -0.05) is 12.1 Å². The van der Waals surface area contributed by atoms with Crippen LogP contribution in [0.2, 0.25) is 0 Å². The first-order chi connectivity index (χ1) is 9.28. The molecule has 0 bridgehead atoms. The van der Waals surface area contributed by atoms with Crippen LogP contribution in [0.4, 0.5) is 15.9 Å². The van der Waals surface area contributed by atoms with Crippen LogP contribution in [0.3, 0.4) is 0 Å². The number of hydrogen-bond acceptors (Lipinski definition) is 3. The normalized spacial score (nSPS) is 13.7. The van der Waals surface area contributed by atoms with Crippen LogP contribution in [0.15, 0.2) is 36.5 Å². The van der Waals surface area contributed by atoms with Crippen molar-refractivity contribution in [1.82, 2.24) is 4.98 Å². The monoisotopic (exact) mass is 257 g/mol. The minimum absolute atomic E-state index is 0.203. The van der Waals surface area contributed by atoms with Gasteiger partial charge in [0.05, 0.1) is 0 Å². The van der Waals surface area contributed by atoms with E-state index >= 15 is 0 Å². The van der Waals surface area contributed by atoms with Gasteiger partial charge in [0.1, 0.15) is 11.6 Å². The van der Waals surface area contributed by atoms with Crippen molar-refractivity contribution in [2.75, 3.05) is 18.0 Å². The molecule has 0 atom stereocenters. The highest BCUT2D eigenvalue weighted by molar-refractivity contribution is 5.67. The Kier molecular flexibility index (Phi) is 3.17. The zero-order chi connectivity index (χ0) is 13.2. The number of rotatable bonds is 3. The molecule has 2 N–H and O–H groups in total. The lowest BCUT2D eigenvalue weighted by molar-refractivity contribution is 0.628. The third-order valence-corrected chi connectivity index (χ3v) is 3.46. The highest BCUT2D eigenvalue weighted by atomic mass is 19.1. The summed E-state index contributed by atoms with van der Waals surface area (Å²) in [6.45, 7) is 1.47. The second-order valence-corrected chi connectivity index (χ2v) is 4.74. The van der Waals surface area contributed by atoms with Crippen molar-refractivity contribution in [1.29, 1.82) is 0 Å². The van der Waals surface area contributed by atoms with Gasteiger partial charge in [0.15, 0.2) is 0 Å². The van der Waals surface area contributed by atoms with E-state index in [0.717, 1.165) is 36.5 Å². The molecule has 3 rings (SSSR count). The van der Waals surface area contributed by atoms with Crippen LogP contribution in [0, 0.1) is 5.82 Å². The molecule has 2 aromatic rings. The Labute approximate surface area is 111 Å². The van der Waals surface area contributed by atoms with E-state index in [2.05, 4.69) is 9.88 Å². The van der Waals surface area contributed by atoms with E-state index in [1.54, 1.807) is 6.07 Å². The smallest absolute Gasteiger partial charge is 0.132 e. The highest BCUT2D eigenvalue weighted by Gasteiger charge is 2.21. The molecule has 98 valence electrons. The first kappa shape index (κ1) is 12.1. The molecule has 0 saturated heterocycles. The highest BCUT2D eigenvalue weighted by Crippen LogP contribution is 2.33. The predicted octanol–water partition coefficient (Wildman–Crippen LogP) is 2.42. The van der Waals surface area contributed by atoms with E-state index in [0.29, 0.717) is 6.54 Å². The van der Waals surface area contributed by atoms with Crippen LogP contribution < -0.4 is 10.6 Å². The zero-order valence-electron chi connectivity index (χ0n) is 10.6. The van der Waals surface area contributed by atoms with E-state index in [4.69, 9.17) is 5.73 Å². The van der Waals surface area contributed by atoms with Gasteiger partial charge < -0.3 is 10.6 Å². The molecule has 0 unspecified atom stereocenters. The number of nitrogens with zero attached hydrogens (tertiary/aromatic N) is 2. The molecule has 1 aromatic carbocycles. The van der Waals surface area contributed by atoms with Crippen LogP contribution in [-0.4, -0.2) is 18.1 Å². The van der Waals surface area contributed by atoms with Crippen LogP contribution >= 0.6 is 0 Å². The molecule has 0 fully saturated rings. The van der Waals surface area contributed by atoms with Crippen molar-refractivity contribution >= 4 is 11.5 Å². The second-order valence-electron chi connectivity index (χ2n) is 4.74. The van der Waals surface area contributed by atoms with Crippen LogP contribution in [0.25, 0.3) is 0 Å². The van der Waals surface area contributed by atoms with Crippen molar-refractivity contribution in [3.63, 3.8) is 0 Å². The molecule has 0 radical (unpaired) electrons. The summed E-state index contributed by atoms with van der Waals surface area (Å²) in [5, 5.41) is 0. The third kappa shape index (κ3) is 2.31. The first-order valence-corrected chi connectivity index (χ1v) is 6.49. The fourth-order valence-corrected chi connectivity index (χ4v) is 2.48. The van der Waals surface area contributed by atoms with Gasteiger partial charge in [-0.05, 0) is 48.7 Å². The number of hydrogen-bond donors (Lipinski definition) is 1. The summed E-state index contributed by atoms with van der Waals surface area (Å²) < 4.78 is 13.4. The minimum atomic E-state index is -0.203. The average molecular weight is 257 g/mol. The SMILES string of the molecule is NCCc1ccc(N2CCc3ccc(F)cc32)nc1. The van der Waals surface area contributed by atoms with Crippen molar-refractivity contribution in [2.45, 2.75) is 12.8 Å². The van der Waals surface area contributed by atoms with E-state index in [9.17, 15) is 4.39 Å². The van der Waals surface area contributed by atoms with Crippen LogP contribution in [-0.2, 0) is 12.8 Å². The van der Waals surface area contributed by atoms with E-state index in [1.807, 2.05) is 24.4 Å². The van der Waals surface area contributed by atoms with Gasteiger partial charge in [-0.15, -0.1) is 0 Å². The summed E-state index contributed by atoms with van der Waals surface area (Å²) in [7, 11) is 0. The number of nitrogens with two attached hydrogens (primary N) is 1. The molecule has 1 aromatic heterocycles. The third-order valence-electron chi connectivity index (χ3n) is 3.46. The molecule has 3 nitrogen and oxygen atoms in total. The lowest BCUT2D eigenvalue weighted by atomic mass is 10.1. The molecule has 0 spiro atoms. The summed E-state index contributed by atoms with van der Waals surface area (Å²) in [5.74, 6) is 0.663. The number of aromatic nitrogens is 1. The lowest BCUT2D eigenvalue weighted by Crippen LogP contribution is -2.15. The number of halogens is 1. The molecule has 1 aliphatic heterocycles. The number of fused-ring (bicyclic) bond motifs is 1. The largest absolute Gasteiger partial charge is 0.330 e. The van der Waals surface area contributed by atoms with Crippen molar-refractivity contribution in [3.8, 4) is 0 Å². The predicted molar refractivity (Wildman–Crippen MR) is 74.1 cm³/mol. The molecule has 2 heterocycles. The standard InChI is InChI=1S/C15H16FN3/c16-13-3-2-12-6-8-19(14(12)9-13)15-4-1-11(5-7-17)10-18-15/h1-4,9-10H,5-8,17H2. The molecule has 19 heavy (non-hydrogen) atoms. The Balaban J connectivity index is 1.90. The molecular weight excluding hydrogens is 241 g/mol. The summed E-state index contributed by atoms with van der Waals surface area (Å²) in [4.78, 5) is 6.52. The summed E-state index contributed by atoms with van der Waals surface area (Å²) >= 11 is 0. The Hall–Kier alpha value is -1.94. The van der Waals surface area contributed by atoms with Crippen molar-refractivity contribution < 1.29 is 4.39 Å². The second kappa shape index (κ2) is 4.97. The minimum Gasteiger partial charge on any atom is -0.330 e. The van der Waals surface area contributed by atoms with Gasteiger partial charge in [0, 0.05) is 18.4 Å². The number of benzene rings is 1. The summed E-state index contributed by atoms with van der Waals surface area (Å²) in [6.07, 6.45) is 3.61. The van der Waals surface area contributed by atoms with Crippen LogP contribution in [0.5, 0.6) is 0 Å². The maximum atomic E-state index is 13.4. The Morgan fingerprint density at radius 1 is 1.26 bits per heavy atom. The number of anilines is 2. The maximum absolute atomic E-state index is 13.4. The Morgan fingerprint density at radius 3 is 2.89 bits per heavy atom. The first-order valence-electron chi connectivity index (χ1n) is 6.49. The Morgan fingerprint density at radius 2 is 2.16 bits per heavy atom. The summed E-state index contributed by atoms with van der Waals surface area (Å²) in [6, 6.07) is 8.96. The molecule has 0 aliphatic carbocycles. The fraction of sp³-hybridized carbons (Fsp3) is 0.267. The maximum Gasteiger partial charge on any atom is 0.132 e. The van der Waals surface area contributed by atoms with Gasteiger partial charge >= 0.3 is 0 Å². The van der Waals surface area contributed by atoms with Crippen molar-refractivity contribution in [3.05, 3.63) is 53.5 Å². The van der Waals surface area contributed by atoms with Gasteiger partial charge in [-0.3, -0.25) is 0 Å². The van der Waals surface area contributed by atoms with Gasteiger partial charge in [0.2, 0.25) is 0 Å². The molecule has 1 aliphatic rings. The fourth-order valence-electron chi connectivity index (χ4n) is 2.48. The molecule has 0 saturated carbocycles. The molecule has 0 amide bonds.